The van der Waals surface area contributed by atoms with Crippen LogP contribution < -0.4 is 10.5 Å². The minimum absolute atomic E-state index is 0.254. The maximum atomic E-state index is 12.8. The standard InChI is InChI=1S/C21H24N4O3S/c1-5-27-20(26)17-13(4)24-21-25(19(23)16(10-22)29-21)18(17)14-6-8-15(9-7-14)28-11-12(2)3/h6-9,12,18H,5,11,23H2,1-4H3/t18-/m1/s1. The van der Waals surface area contributed by atoms with Crippen LogP contribution in [0.25, 0.3) is 0 Å². The molecular formula is C21H24N4O3S. The molecule has 0 amide bonds. The molecule has 3 rings (SSSR count). The van der Waals surface area contributed by atoms with Crippen LogP contribution in [0, 0.1) is 17.2 Å². The number of benzene rings is 1. The van der Waals surface area contributed by atoms with Crippen LogP contribution in [0.15, 0.2) is 51.3 Å². The van der Waals surface area contributed by atoms with E-state index < -0.39 is 12.0 Å². The number of nitrogens with zero attached hydrogens (tertiary/aromatic N) is 3. The van der Waals surface area contributed by atoms with E-state index >= 15 is 0 Å². The second-order valence-electron chi connectivity index (χ2n) is 7.09. The minimum Gasteiger partial charge on any atom is -0.493 e. The zero-order chi connectivity index (χ0) is 21.1. The summed E-state index contributed by atoms with van der Waals surface area (Å²) in [5.74, 6) is 1.02. The second-order valence-corrected chi connectivity index (χ2v) is 8.07. The van der Waals surface area contributed by atoms with E-state index in [2.05, 4.69) is 24.9 Å². The normalized spacial score (nSPS) is 18.6. The Morgan fingerprint density at radius 2 is 2.07 bits per heavy atom. The van der Waals surface area contributed by atoms with Crippen molar-refractivity contribution in [3.63, 3.8) is 0 Å². The first-order valence-corrected chi connectivity index (χ1v) is 10.2. The van der Waals surface area contributed by atoms with Crippen molar-refractivity contribution in [1.82, 2.24) is 4.90 Å². The van der Waals surface area contributed by atoms with Gasteiger partial charge in [0.25, 0.3) is 0 Å². The number of carbonyl (C=O) groups excluding carboxylic acids is 1. The number of fused-ring (bicyclic) bond motifs is 1. The highest BCUT2D eigenvalue weighted by Crippen LogP contribution is 2.45. The Morgan fingerprint density at radius 1 is 1.38 bits per heavy atom. The number of nitriles is 1. The van der Waals surface area contributed by atoms with Gasteiger partial charge < -0.3 is 15.2 Å². The van der Waals surface area contributed by atoms with Crippen LogP contribution in [0.3, 0.4) is 0 Å². The van der Waals surface area contributed by atoms with E-state index in [1.165, 1.54) is 11.8 Å². The number of carbonyl (C=O) groups is 1. The van der Waals surface area contributed by atoms with E-state index in [-0.39, 0.29) is 12.4 Å². The Labute approximate surface area is 174 Å². The lowest BCUT2D eigenvalue weighted by molar-refractivity contribution is -0.139. The largest absolute Gasteiger partial charge is 0.493 e. The van der Waals surface area contributed by atoms with Gasteiger partial charge in [-0.05, 0) is 49.2 Å². The van der Waals surface area contributed by atoms with Gasteiger partial charge in [0.05, 0.1) is 30.5 Å². The zero-order valence-electron chi connectivity index (χ0n) is 16.9. The third-order valence-electron chi connectivity index (χ3n) is 4.45. The van der Waals surface area contributed by atoms with Gasteiger partial charge in [-0.1, -0.05) is 26.0 Å². The van der Waals surface area contributed by atoms with E-state index in [0.717, 1.165) is 11.3 Å². The van der Waals surface area contributed by atoms with E-state index in [1.54, 1.807) is 18.7 Å². The number of allylic oxidation sites excluding steroid dienone is 2. The average molecular weight is 413 g/mol. The van der Waals surface area contributed by atoms with Gasteiger partial charge in [-0.25, -0.2) is 9.79 Å². The van der Waals surface area contributed by atoms with Crippen LogP contribution in [0.5, 0.6) is 5.75 Å². The topological polar surface area (TPSA) is 101 Å². The van der Waals surface area contributed by atoms with Crippen molar-refractivity contribution in [2.24, 2.45) is 16.6 Å². The van der Waals surface area contributed by atoms with Crippen LogP contribution in [0.2, 0.25) is 0 Å². The average Bonchev–Trinajstić information content (AvgIpc) is 3.01. The van der Waals surface area contributed by atoms with Crippen molar-refractivity contribution in [3.8, 4) is 11.8 Å². The number of rotatable bonds is 6. The highest BCUT2D eigenvalue weighted by Gasteiger charge is 2.42. The third-order valence-corrected chi connectivity index (χ3v) is 5.43. The molecule has 0 saturated heterocycles. The van der Waals surface area contributed by atoms with Crippen LogP contribution in [-0.2, 0) is 9.53 Å². The quantitative estimate of drug-likeness (QED) is 0.711. The van der Waals surface area contributed by atoms with Gasteiger partial charge in [0.15, 0.2) is 5.17 Å². The van der Waals surface area contributed by atoms with Crippen molar-refractivity contribution in [3.05, 3.63) is 51.8 Å². The molecule has 0 fully saturated rings. The summed E-state index contributed by atoms with van der Waals surface area (Å²) < 4.78 is 11.0. The van der Waals surface area contributed by atoms with Crippen LogP contribution >= 0.6 is 11.8 Å². The van der Waals surface area contributed by atoms with E-state index in [0.29, 0.717) is 33.9 Å². The monoisotopic (exact) mass is 412 g/mol. The number of nitrogens with two attached hydrogens (primary N) is 1. The summed E-state index contributed by atoms with van der Waals surface area (Å²) in [6, 6.07) is 9.12. The Balaban J connectivity index is 2.03. The van der Waals surface area contributed by atoms with Gasteiger partial charge in [-0.2, -0.15) is 5.26 Å². The smallest absolute Gasteiger partial charge is 0.338 e. The molecular weight excluding hydrogens is 388 g/mol. The molecule has 0 bridgehead atoms. The molecule has 29 heavy (non-hydrogen) atoms. The Kier molecular flexibility index (Phi) is 6.18. The van der Waals surface area contributed by atoms with E-state index in [9.17, 15) is 10.1 Å². The highest BCUT2D eigenvalue weighted by molar-refractivity contribution is 8.17. The van der Waals surface area contributed by atoms with Crippen LogP contribution in [0.1, 0.15) is 39.3 Å². The summed E-state index contributed by atoms with van der Waals surface area (Å²) in [4.78, 5) is 19.4. The van der Waals surface area contributed by atoms with Crippen molar-refractivity contribution in [2.45, 2.75) is 33.7 Å². The molecule has 1 aromatic rings. The predicted octanol–water partition coefficient (Wildman–Crippen LogP) is 3.67. The van der Waals surface area contributed by atoms with Crippen LogP contribution in [0.4, 0.5) is 0 Å². The summed E-state index contributed by atoms with van der Waals surface area (Å²) in [5, 5.41) is 9.97. The molecule has 8 heteroatoms. The Bertz CT molecular complexity index is 942. The van der Waals surface area contributed by atoms with Gasteiger partial charge in [0.2, 0.25) is 0 Å². The summed E-state index contributed by atoms with van der Waals surface area (Å²) in [6.07, 6.45) is 0. The number of esters is 1. The molecule has 2 N–H and O–H groups in total. The molecule has 7 nitrogen and oxygen atoms in total. The van der Waals surface area contributed by atoms with E-state index in [1.807, 2.05) is 24.3 Å². The minimum atomic E-state index is -0.529. The fourth-order valence-electron chi connectivity index (χ4n) is 3.14. The highest BCUT2D eigenvalue weighted by atomic mass is 32.2. The molecule has 152 valence electrons. The molecule has 2 aliphatic heterocycles. The van der Waals surface area contributed by atoms with Gasteiger partial charge in [-0.15, -0.1) is 0 Å². The molecule has 0 aliphatic carbocycles. The molecule has 0 saturated carbocycles. The lowest BCUT2D eigenvalue weighted by Crippen LogP contribution is -2.38. The molecule has 2 heterocycles. The predicted molar refractivity (Wildman–Crippen MR) is 113 cm³/mol. The molecule has 0 aromatic heterocycles. The maximum absolute atomic E-state index is 12.8. The Hall–Kier alpha value is -2.92. The number of amidine groups is 1. The van der Waals surface area contributed by atoms with Crippen molar-refractivity contribution in [2.75, 3.05) is 13.2 Å². The van der Waals surface area contributed by atoms with Gasteiger partial charge >= 0.3 is 5.97 Å². The summed E-state index contributed by atoms with van der Waals surface area (Å²) in [5.41, 5.74) is 8.05. The summed E-state index contributed by atoms with van der Waals surface area (Å²) in [7, 11) is 0. The molecule has 0 unspecified atom stereocenters. The van der Waals surface area contributed by atoms with E-state index in [4.69, 9.17) is 15.2 Å². The maximum Gasteiger partial charge on any atom is 0.338 e. The first-order valence-electron chi connectivity index (χ1n) is 9.43. The Morgan fingerprint density at radius 3 is 2.66 bits per heavy atom. The van der Waals surface area contributed by atoms with Gasteiger partial charge in [0.1, 0.15) is 22.5 Å². The molecule has 1 aromatic carbocycles. The van der Waals surface area contributed by atoms with Gasteiger partial charge in [-0.3, -0.25) is 4.90 Å². The summed E-state index contributed by atoms with van der Waals surface area (Å²) >= 11 is 1.20. The van der Waals surface area contributed by atoms with Crippen molar-refractivity contribution in [1.29, 1.82) is 5.26 Å². The van der Waals surface area contributed by atoms with Crippen molar-refractivity contribution < 1.29 is 14.3 Å². The lowest BCUT2D eigenvalue weighted by atomic mass is 9.94. The second kappa shape index (κ2) is 8.62. The first-order chi connectivity index (χ1) is 13.9. The molecule has 0 radical (unpaired) electrons. The number of aliphatic imine (C=N–C) groups is 1. The number of thioether (sulfide) groups is 1. The van der Waals surface area contributed by atoms with Crippen LogP contribution in [-0.4, -0.2) is 29.3 Å². The number of hydrogen-bond donors (Lipinski definition) is 1. The molecule has 1 atom stereocenters. The molecule has 0 spiro atoms. The summed E-state index contributed by atoms with van der Waals surface area (Å²) in [6.45, 7) is 8.58. The SMILES string of the molecule is CCOC(=O)C1=C(C)N=C2SC(C#N)=C(N)N2[C@@H]1c1ccc(OCC(C)C)cc1. The van der Waals surface area contributed by atoms with Gasteiger partial charge in [0, 0.05) is 0 Å². The number of ether oxygens (including phenoxy) is 2. The third kappa shape index (κ3) is 4.10. The zero-order valence-corrected chi connectivity index (χ0v) is 17.7. The van der Waals surface area contributed by atoms with Crippen molar-refractivity contribution >= 4 is 22.9 Å². The fourth-order valence-corrected chi connectivity index (χ4v) is 4.05. The molecule has 2 aliphatic rings. The lowest BCUT2D eigenvalue weighted by Gasteiger charge is -2.34. The number of hydrogen-bond acceptors (Lipinski definition) is 8. The fraction of sp³-hybridized carbons (Fsp3) is 0.381. The first kappa shape index (κ1) is 20.8.